The van der Waals surface area contributed by atoms with Gasteiger partial charge in [0.25, 0.3) is 0 Å². The van der Waals surface area contributed by atoms with Crippen molar-refractivity contribution >= 4 is 0 Å². The van der Waals surface area contributed by atoms with Crippen LogP contribution in [0.25, 0.3) is 0 Å². The highest BCUT2D eigenvalue weighted by Crippen LogP contribution is 2.33. The van der Waals surface area contributed by atoms with E-state index in [1.165, 1.54) is 0 Å². The van der Waals surface area contributed by atoms with Crippen LogP contribution in [0.5, 0.6) is 0 Å². The van der Waals surface area contributed by atoms with Crippen LogP contribution < -0.4 is 0 Å². The van der Waals surface area contributed by atoms with Gasteiger partial charge < -0.3 is 24.6 Å². The SMILES string of the molecule is CN1C[C@@H](O)[C@H]2OC(C)(C)O[C@@H]2[C@H](O)C1. The third-order valence-corrected chi connectivity index (χ3v) is 2.92. The minimum absolute atomic E-state index is 0.431. The lowest BCUT2D eigenvalue weighted by molar-refractivity contribution is -0.165. The van der Waals surface area contributed by atoms with Crippen LogP contribution in [0.4, 0.5) is 0 Å². The Morgan fingerprint density at radius 3 is 1.87 bits per heavy atom. The van der Waals surface area contributed by atoms with Crippen LogP contribution in [-0.2, 0) is 9.47 Å². The highest BCUT2D eigenvalue weighted by atomic mass is 16.8. The van der Waals surface area contributed by atoms with Crippen molar-refractivity contribution in [2.45, 2.75) is 44.1 Å². The molecule has 0 aromatic carbocycles. The Labute approximate surface area is 89.6 Å². The maximum absolute atomic E-state index is 9.92. The first-order valence-electron chi connectivity index (χ1n) is 5.29. The number of ether oxygens (including phenoxy) is 2. The average Bonchev–Trinajstić information content (AvgIpc) is 2.36. The average molecular weight is 217 g/mol. The Morgan fingerprint density at radius 1 is 1.07 bits per heavy atom. The second kappa shape index (κ2) is 3.68. The molecule has 0 radical (unpaired) electrons. The van der Waals surface area contributed by atoms with E-state index >= 15 is 0 Å². The number of rotatable bonds is 0. The lowest BCUT2D eigenvalue weighted by Crippen LogP contribution is -2.41. The molecule has 2 aliphatic rings. The predicted octanol–water partition coefficient (Wildman–Crippen LogP) is -0.826. The van der Waals surface area contributed by atoms with Crippen LogP contribution in [0.2, 0.25) is 0 Å². The van der Waals surface area contributed by atoms with Crippen LogP contribution in [-0.4, -0.2) is 65.5 Å². The molecule has 2 aliphatic heterocycles. The maximum Gasteiger partial charge on any atom is 0.164 e. The standard InChI is InChI=1S/C10H19NO4/c1-10(2)14-8-6(12)4-11(3)5-7(13)9(8)15-10/h6-9,12-13H,4-5H2,1-3H3/t6-,7-,8-,9-/m1/s1. The molecule has 0 unspecified atom stereocenters. The largest absolute Gasteiger partial charge is 0.389 e. The monoisotopic (exact) mass is 217 g/mol. The van der Waals surface area contributed by atoms with Crippen molar-refractivity contribution in [3.05, 3.63) is 0 Å². The predicted molar refractivity (Wildman–Crippen MR) is 53.3 cm³/mol. The molecule has 2 N–H and O–H groups in total. The van der Waals surface area contributed by atoms with Crippen molar-refractivity contribution in [3.63, 3.8) is 0 Å². The fourth-order valence-corrected chi connectivity index (χ4v) is 2.33. The molecule has 88 valence electrons. The summed E-state index contributed by atoms with van der Waals surface area (Å²) >= 11 is 0. The molecule has 0 aromatic heterocycles. The van der Waals surface area contributed by atoms with Crippen molar-refractivity contribution in [2.75, 3.05) is 20.1 Å². The summed E-state index contributed by atoms with van der Waals surface area (Å²) in [7, 11) is 1.86. The minimum atomic E-state index is -0.715. The van der Waals surface area contributed by atoms with Gasteiger partial charge in [-0.2, -0.15) is 0 Å². The Balaban J connectivity index is 2.17. The molecule has 5 nitrogen and oxygen atoms in total. The second-order valence-corrected chi connectivity index (χ2v) is 4.92. The highest BCUT2D eigenvalue weighted by Gasteiger charge is 2.49. The van der Waals surface area contributed by atoms with Gasteiger partial charge in [-0.05, 0) is 20.9 Å². The summed E-state index contributed by atoms with van der Waals surface area (Å²) in [5, 5.41) is 19.8. The van der Waals surface area contributed by atoms with Crippen molar-refractivity contribution in [3.8, 4) is 0 Å². The number of aliphatic hydroxyl groups is 2. The highest BCUT2D eigenvalue weighted by molar-refractivity contribution is 4.95. The normalized spacial score (nSPS) is 46.2. The van der Waals surface area contributed by atoms with Crippen LogP contribution >= 0.6 is 0 Å². The van der Waals surface area contributed by atoms with E-state index in [-0.39, 0.29) is 0 Å². The topological polar surface area (TPSA) is 62.2 Å². The number of likely N-dealkylation sites (tertiary alicyclic amines) is 1. The molecular weight excluding hydrogens is 198 g/mol. The third kappa shape index (κ3) is 2.16. The van der Waals surface area contributed by atoms with E-state index in [1.807, 2.05) is 11.9 Å². The van der Waals surface area contributed by atoms with Gasteiger partial charge >= 0.3 is 0 Å². The van der Waals surface area contributed by atoms with E-state index in [9.17, 15) is 10.2 Å². The van der Waals surface area contributed by atoms with E-state index < -0.39 is 30.2 Å². The van der Waals surface area contributed by atoms with Gasteiger partial charge in [-0.15, -0.1) is 0 Å². The van der Waals surface area contributed by atoms with E-state index in [2.05, 4.69) is 0 Å². The summed E-state index contributed by atoms with van der Waals surface area (Å²) in [5.74, 6) is -0.715. The fourth-order valence-electron chi connectivity index (χ4n) is 2.33. The van der Waals surface area contributed by atoms with Crippen LogP contribution in [0, 0.1) is 0 Å². The van der Waals surface area contributed by atoms with Crippen LogP contribution in [0.15, 0.2) is 0 Å². The van der Waals surface area contributed by atoms with E-state index in [0.29, 0.717) is 13.1 Å². The molecule has 0 spiro atoms. The van der Waals surface area contributed by atoms with Crippen molar-refractivity contribution in [2.24, 2.45) is 0 Å². The molecule has 2 heterocycles. The number of hydrogen-bond acceptors (Lipinski definition) is 5. The summed E-state index contributed by atoms with van der Waals surface area (Å²) in [4.78, 5) is 1.88. The molecule has 0 aliphatic carbocycles. The third-order valence-electron chi connectivity index (χ3n) is 2.92. The van der Waals surface area contributed by atoms with Crippen LogP contribution in [0.1, 0.15) is 13.8 Å². The summed E-state index contributed by atoms with van der Waals surface area (Å²) < 4.78 is 11.2. The van der Waals surface area contributed by atoms with Gasteiger partial charge in [0.1, 0.15) is 12.2 Å². The number of likely N-dealkylation sites (N-methyl/N-ethyl adjacent to an activating group) is 1. The van der Waals surface area contributed by atoms with Gasteiger partial charge in [0.15, 0.2) is 5.79 Å². The second-order valence-electron chi connectivity index (χ2n) is 4.92. The van der Waals surface area contributed by atoms with Crippen molar-refractivity contribution < 1.29 is 19.7 Å². The summed E-state index contributed by atoms with van der Waals surface area (Å²) in [6.07, 6.45) is -2.09. The molecule has 2 fully saturated rings. The van der Waals surface area contributed by atoms with Gasteiger partial charge in [-0.25, -0.2) is 0 Å². The maximum atomic E-state index is 9.92. The van der Waals surface area contributed by atoms with E-state index in [4.69, 9.17) is 9.47 Å². The summed E-state index contributed by atoms with van der Waals surface area (Å²) in [6, 6.07) is 0. The Morgan fingerprint density at radius 2 is 1.47 bits per heavy atom. The number of fused-ring (bicyclic) bond motifs is 1. The first kappa shape index (κ1) is 11.3. The van der Waals surface area contributed by atoms with Gasteiger partial charge in [0.05, 0.1) is 12.2 Å². The number of β-amino-alcohol motifs (C(OH)–C–C–N with tert-alkyl or cyclic N) is 2. The molecule has 0 aromatic rings. The lowest BCUT2D eigenvalue weighted by Gasteiger charge is -2.23. The molecule has 2 rings (SSSR count). The van der Waals surface area contributed by atoms with Crippen LogP contribution in [0.3, 0.4) is 0 Å². The number of nitrogens with zero attached hydrogens (tertiary/aromatic N) is 1. The molecule has 4 atom stereocenters. The minimum Gasteiger partial charge on any atom is -0.389 e. The zero-order valence-electron chi connectivity index (χ0n) is 9.38. The van der Waals surface area contributed by atoms with E-state index in [1.54, 1.807) is 13.8 Å². The number of hydrogen-bond donors (Lipinski definition) is 2. The van der Waals surface area contributed by atoms with Crippen molar-refractivity contribution in [1.82, 2.24) is 4.90 Å². The number of aliphatic hydroxyl groups excluding tert-OH is 2. The molecule has 0 saturated carbocycles. The molecule has 5 heteroatoms. The van der Waals surface area contributed by atoms with Gasteiger partial charge in [-0.1, -0.05) is 0 Å². The summed E-state index contributed by atoms with van der Waals surface area (Å²) in [6.45, 7) is 4.59. The zero-order valence-corrected chi connectivity index (χ0v) is 9.38. The molecule has 0 amide bonds. The molecular formula is C10H19NO4. The fraction of sp³-hybridized carbons (Fsp3) is 1.00. The van der Waals surface area contributed by atoms with Gasteiger partial charge in [-0.3, -0.25) is 0 Å². The first-order chi connectivity index (χ1) is 6.89. The Hall–Kier alpha value is -0.200. The lowest BCUT2D eigenvalue weighted by atomic mass is 10.1. The zero-order chi connectivity index (χ0) is 11.2. The molecule has 15 heavy (non-hydrogen) atoms. The molecule has 2 saturated heterocycles. The van der Waals surface area contributed by atoms with Gasteiger partial charge in [0.2, 0.25) is 0 Å². The Kier molecular flexibility index (Phi) is 2.77. The quantitative estimate of drug-likeness (QED) is 0.555. The van der Waals surface area contributed by atoms with Crippen molar-refractivity contribution in [1.29, 1.82) is 0 Å². The smallest absolute Gasteiger partial charge is 0.164 e. The first-order valence-corrected chi connectivity index (χ1v) is 5.29. The van der Waals surface area contributed by atoms with Gasteiger partial charge in [0, 0.05) is 13.1 Å². The van der Waals surface area contributed by atoms with E-state index in [0.717, 1.165) is 0 Å². The Bertz CT molecular complexity index is 224. The summed E-state index contributed by atoms with van der Waals surface area (Å²) in [5.41, 5.74) is 0. The molecule has 0 bridgehead atoms.